The van der Waals surface area contributed by atoms with E-state index in [1.165, 1.54) is 12.1 Å². The maximum absolute atomic E-state index is 13.0. The molecule has 1 atom stereocenters. The van der Waals surface area contributed by atoms with Crippen LogP contribution in [0.3, 0.4) is 0 Å². The molecular weight excluding hydrogens is 335 g/mol. The number of rotatable bonds is 5. The summed E-state index contributed by atoms with van der Waals surface area (Å²) in [5, 5.41) is 12.4. The number of carbonyl (C=O) groups excluding carboxylic acids is 2. The van der Waals surface area contributed by atoms with Gasteiger partial charge in [0.15, 0.2) is 0 Å². The van der Waals surface area contributed by atoms with Gasteiger partial charge in [0.25, 0.3) is 0 Å². The summed E-state index contributed by atoms with van der Waals surface area (Å²) in [7, 11) is 0. The Bertz CT molecular complexity index is 620. The molecule has 1 aromatic rings. The summed E-state index contributed by atoms with van der Waals surface area (Å²) in [6.07, 6.45) is 5.56. The number of hydrogen-bond acceptors (Lipinski definition) is 3. The zero-order valence-electron chi connectivity index (χ0n) is 15.0. The molecule has 2 amide bonds. The van der Waals surface area contributed by atoms with Crippen molar-refractivity contribution >= 4 is 11.8 Å². The van der Waals surface area contributed by atoms with Crippen molar-refractivity contribution in [2.45, 2.75) is 44.6 Å². The predicted octanol–water partition coefficient (Wildman–Crippen LogP) is 2.40. The zero-order chi connectivity index (χ0) is 18.5. The molecule has 0 bridgehead atoms. The lowest BCUT2D eigenvalue weighted by molar-refractivity contribution is -0.139. The number of halogens is 1. The molecule has 1 heterocycles. The van der Waals surface area contributed by atoms with Crippen LogP contribution in [-0.4, -0.2) is 41.5 Å². The molecule has 0 aromatic heterocycles. The van der Waals surface area contributed by atoms with Crippen molar-refractivity contribution in [3.8, 4) is 0 Å². The Morgan fingerprint density at radius 1 is 1.08 bits per heavy atom. The average molecular weight is 362 g/mol. The van der Waals surface area contributed by atoms with Gasteiger partial charge in [-0.25, -0.2) is 4.39 Å². The molecule has 142 valence electrons. The van der Waals surface area contributed by atoms with Crippen molar-refractivity contribution in [1.82, 2.24) is 10.2 Å². The van der Waals surface area contributed by atoms with Crippen LogP contribution in [0.5, 0.6) is 0 Å². The lowest BCUT2D eigenvalue weighted by Crippen LogP contribution is -2.45. The van der Waals surface area contributed by atoms with Crippen LogP contribution in [0.1, 0.15) is 50.1 Å². The van der Waals surface area contributed by atoms with E-state index in [1.807, 2.05) is 4.90 Å². The minimum Gasteiger partial charge on any atom is -0.394 e. The number of amides is 2. The lowest BCUT2D eigenvalue weighted by atomic mass is 9.94. The van der Waals surface area contributed by atoms with Crippen molar-refractivity contribution in [3.05, 3.63) is 35.6 Å². The maximum Gasteiger partial charge on any atom is 0.225 e. The number of piperidine rings is 1. The summed E-state index contributed by atoms with van der Waals surface area (Å²) in [4.78, 5) is 26.9. The van der Waals surface area contributed by atoms with Gasteiger partial charge in [-0.3, -0.25) is 9.59 Å². The topological polar surface area (TPSA) is 69.6 Å². The number of benzene rings is 1. The van der Waals surface area contributed by atoms with Gasteiger partial charge in [-0.2, -0.15) is 0 Å². The van der Waals surface area contributed by atoms with Crippen molar-refractivity contribution in [2.24, 2.45) is 11.8 Å². The van der Waals surface area contributed by atoms with E-state index in [4.69, 9.17) is 0 Å². The molecule has 0 unspecified atom stereocenters. The first-order valence-electron chi connectivity index (χ1n) is 9.54. The van der Waals surface area contributed by atoms with Crippen molar-refractivity contribution < 1.29 is 19.1 Å². The number of nitrogens with one attached hydrogen (secondary N) is 1. The fourth-order valence-corrected chi connectivity index (χ4v) is 4.01. The first-order valence-corrected chi connectivity index (χ1v) is 9.54. The molecule has 1 saturated carbocycles. The van der Waals surface area contributed by atoms with Gasteiger partial charge >= 0.3 is 0 Å². The Balaban J connectivity index is 1.51. The quantitative estimate of drug-likeness (QED) is 0.845. The summed E-state index contributed by atoms with van der Waals surface area (Å²) < 4.78 is 13.0. The molecule has 0 radical (unpaired) electrons. The van der Waals surface area contributed by atoms with Crippen molar-refractivity contribution in [2.75, 3.05) is 19.7 Å². The van der Waals surface area contributed by atoms with Gasteiger partial charge in [0, 0.05) is 24.9 Å². The summed E-state index contributed by atoms with van der Waals surface area (Å²) in [5.41, 5.74) is 0.677. The Morgan fingerprint density at radius 3 is 2.27 bits per heavy atom. The van der Waals surface area contributed by atoms with E-state index in [9.17, 15) is 19.1 Å². The third-order valence-corrected chi connectivity index (χ3v) is 5.65. The van der Waals surface area contributed by atoms with Gasteiger partial charge in [-0.1, -0.05) is 25.0 Å². The molecule has 1 aromatic carbocycles. The Labute approximate surface area is 153 Å². The molecule has 2 N–H and O–H groups in total. The fourth-order valence-electron chi connectivity index (χ4n) is 4.01. The van der Waals surface area contributed by atoms with Gasteiger partial charge in [0.1, 0.15) is 5.82 Å². The highest BCUT2D eigenvalue weighted by molar-refractivity contribution is 5.81. The predicted molar refractivity (Wildman–Crippen MR) is 95.6 cm³/mol. The first kappa shape index (κ1) is 18.8. The number of carbonyl (C=O) groups is 2. The van der Waals surface area contributed by atoms with Crippen LogP contribution in [-0.2, 0) is 9.59 Å². The van der Waals surface area contributed by atoms with Crippen LogP contribution >= 0.6 is 0 Å². The summed E-state index contributed by atoms with van der Waals surface area (Å²) in [5.74, 6) is -0.187. The Morgan fingerprint density at radius 2 is 1.69 bits per heavy atom. The third kappa shape index (κ3) is 4.41. The highest BCUT2D eigenvalue weighted by atomic mass is 19.1. The first-order chi connectivity index (χ1) is 12.6. The van der Waals surface area contributed by atoms with E-state index < -0.39 is 6.04 Å². The minimum atomic E-state index is -0.541. The smallest absolute Gasteiger partial charge is 0.225 e. The minimum absolute atomic E-state index is 0.110. The molecule has 2 aliphatic rings. The summed E-state index contributed by atoms with van der Waals surface area (Å²) in [6, 6.07) is 5.23. The second-order valence-corrected chi connectivity index (χ2v) is 7.38. The molecule has 1 aliphatic carbocycles. The summed E-state index contributed by atoms with van der Waals surface area (Å²) in [6.45, 7) is 0.998. The highest BCUT2D eigenvalue weighted by Crippen LogP contribution is 2.28. The lowest BCUT2D eigenvalue weighted by Gasteiger charge is -2.33. The molecule has 1 saturated heterocycles. The number of aliphatic hydroxyl groups is 1. The van der Waals surface area contributed by atoms with E-state index >= 15 is 0 Å². The van der Waals surface area contributed by atoms with Crippen molar-refractivity contribution in [1.29, 1.82) is 0 Å². The van der Waals surface area contributed by atoms with E-state index in [0.717, 1.165) is 25.7 Å². The van der Waals surface area contributed by atoms with Crippen molar-refractivity contribution in [3.63, 3.8) is 0 Å². The number of likely N-dealkylation sites (tertiary alicyclic amines) is 1. The Hall–Kier alpha value is -1.95. The van der Waals surface area contributed by atoms with Gasteiger partial charge < -0.3 is 15.3 Å². The number of nitrogens with zero attached hydrogens (tertiary/aromatic N) is 1. The van der Waals surface area contributed by atoms with Crippen LogP contribution in [0.15, 0.2) is 24.3 Å². The molecule has 1 aliphatic heterocycles. The molecule has 2 fully saturated rings. The second kappa shape index (κ2) is 8.62. The molecule has 0 spiro atoms. The number of hydrogen-bond donors (Lipinski definition) is 2. The van der Waals surface area contributed by atoms with Gasteiger partial charge in [0.2, 0.25) is 11.8 Å². The SMILES string of the molecule is O=C(N[C@@H](CO)c1ccc(F)cc1)C1CCN(C(=O)C2CCCC2)CC1. The van der Waals surface area contributed by atoms with Gasteiger partial charge in [-0.15, -0.1) is 0 Å². The van der Waals surface area contributed by atoms with E-state index in [0.29, 0.717) is 31.5 Å². The highest BCUT2D eigenvalue weighted by Gasteiger charge is 2.32. The molecule has 26 heavy (non-hydrogen) atoms. The van der Waals surface area contributed by atoms with Crippen LogP contribution in [0, 0.1) is 17.7 Å². The summed E-state index contributed by atoms with van der Waals surface area (Å²) >= 11 is 0. The molecule has 6 heteroatoms. The van der Waals surface area contributed by atoms with Crippen LogP contribution in [0.4, 0.5) is 4.39 Å². The van der Waals surface area contributed by atoms with Crippen LogP contribution in [0.25, 0.3) is 0 Å². The van der Waals surface area contributed by atoms with Crippen LogP contribution < -0.4 is 5.32 Å². The molecule has 3 rings (SSSR count). The van der Waals surface area contributed by atoms with E-state index in [2.05, 4.69) is 5.32 Å². The van der Waals surface area contributed by atoms with Crippen LogP contribution in [0.2, 0.25) is 0 Å². The second-order valence-electron chi connectivity index (χ2n) is 7.38. The zero-order valence-corrected chi connectivity index (χ0v) is 15.0. The molecule has 5 nitrogen and oxygen atoms in total. The van der Waals surface area contributed by atoms with Gasteiger partial charge in [0.05, 0.1) is 12.6 Å². The largest absolute Gasteiger partial charge is 0.394 e. The number of aliphatic hydroxyl groups excluding tert-OH is 1. The average Bonchev–Trinajstić information content (AvgIpc) is 3.21. The van der Waals surface area contributed by atoms with Gasteiger partial charge in [-0.05, 0) is 43.4 Å². The normalized spacial score (nSPS) is 20.2. The molecular formula is C20H27FN2O3. The maximum atomic E-state index is 13.0. The standard InChI is InChI=1S/C20H27FN2O3/c21-17-7-5-14(6-8-17)18(13-24)22-19(25)15-9-11-23(12-10-15)20(26)16-3-1-2-4-16/h5-8,15-16,18,24H,1-4,9-13H2,(H,22,25)/t18-/m0/s1. The van der Waals surface area contributed by atoms with E-state index in [-0.39, 0.29) is 36.1 Å². The fraction of sp³-hybridized carbons (Fsp3) is 0.600. The van der Waals surface area contributed by atoms with E-state index in [1.54, 1.807) is 12.1 Å². The third-order valence-electron chi connectivity index (χ3n) is 5.65. The monoisotopic (exact) mass is 362 g/mol. The Kier molecular flexibility index (Phi) is 6.25.